The molecule has 0 unspecified atom stereocenters. The number of hydrogen-bond donors (Lipinski definition) is 1. The van der Waals surface area contributed by atoms with Crippen LogP contribution in [-0.2, 0) is 17.5 Å². The summed E-state index contributed by atoms with van der Waals surface area (Å²) in [6, 6.07) is 6.23. The van der Waals surface area contributed by atoms with Crippen LogP contribution in [-0.4, -0.2) is 23.6 Å². The summed E-state index contributed by atoms with van der Waals surface area (Å²) in [5.41, 5.74) is -0.547. The van der Waals surface area contributed by atoms with E-state index in [1.165, 1.54) is 22.9 Å². The average Bonchev–Trinajstić information content (AvgIpc) is 2.64. The number of carbonyl (C=O) groups is 1. The van der Waals surface area contributed by atoms with E-state index < -0.39 is 17.6 Å². The maximum absolute atomic E-state index is 13.1. The summed E-state index contributed by atoms with van der Waals surface area (Å²) in [6.45, 7) is 1.15. The number of rotatable bonds is 4. The zero-order valence-electron chi connectivity index (χ0n) is 14.9. The Morgan fingerprint density at radius 3 is 2.50 bits per heavy atom. The zero-order chi connectivity index (χ0) is 20.3. The van der Waals surface area contributed by atoms with Crippen LogP contribution in [0.5, 0.6) is 0 Å². The highest BCUT2D eigenvalue weighted by Gasteiger charge is 2.31. The molecule has 0 spiro atoms. The molecule has 2 aromatic rings. The number of nitrogens with one attached hydrogen (secondary N) is 1. The Morgan fingerprint density at radius 1 is 1.11 bits per heavy atom. The van der Waals surface area contributed by atoms with Gasteiger partial charge in [0.05, 0.1) is 16.9 Å². The first kappa shape index (κ1) is 20.4. The van der Waals surface area contributed by atoms with E-state index in [2.05, 4.69) is 21.2 Å². The fourth-order valence-electron chi connectivity index (χ4n) is 3.19. The van der Waals surface area contributed by atoms with Crippen molar-refractivity contribution in [1.29, 1.82) is 0 Å². The normalized spacial score (nSPS) is 14.8. The highest BCUT2D eigenvalue weighted by molar-refractivity contribution is 9.10. The van der Waals surface area contributed by atoms with E-state index in [-0.39, 0.29) is 17.8 Å². The molecule has 1 aliphatic rings. The number of pyridine rings is 1. The number of carbonyl (C=O) groups excluding carboxylic acids is 1. The van der Waals surface area contributed by atoms with Gasteiger partial charge in [-0.3, -0.25) is 9.59 Å². The first-order valence-electron chi connectivity index (χ1n) is 8.86. The van der Waals surface area contributed by atoms with E-state index in [4.69, 9.17) is 0 Å². The van der Waals surface area contributed by atoms with Crippen LogP contribution in [0.3, 0.4) is 0 Å². The molecule has 1 N–H and O–H groups in total. The lowest BCUT2D eigenvalue weighted by Gasteiger charge is -2.31. The van der Waals surface area contributed by atoms with Gasteiger partial charge >= 0.3 is 6.18 Å². The predicted molar refractivity (Wildman–Crippen MR) is 105 cm³/mol. The van der Waals surface area contributed by atoms with Gasteiger partial charge in [-0.05, 0) is 59.5 Å². The molecule has 2 heterocycles. The van der Waals surface area contributed by atoms with Crippen LogP contribution in [0.2, 0.25) is 0 Å². The molecule has 0 radical (unpaired) electrons. The maximum atomic E-state index is 13.1. The number of amides is 1. The molecular weight excluding hydrogens is 439 g/mol. The lowest BCUT2D eigenvalue weighted by atomic mass is 10.1. The van der Waals surface area contributed by atoms with Crippen LogP contribution in [0.25, 0.3) is 0 Å². The van der Waals surface area contributed by atoms with E-state index in [0.29, 0.717) is 10.2 Å². The van der Waals surface area contributed by atoms with Crippen molar-refractivity contribution in [2.45, 2.75) is 32.0 Å². The number of anilines is 2. The van der Waals surface area contributed by atoms with Crippen molar-refractivity contribution in [2.75, 3.05) is 23.3 Å². The molecule has 150 valence electrons. The van der Waals surface area contributed by atoms with Gasteiger partial charge in [0, 0.05) is 29.8 Å². The molecule has 3 rings (SSSR count). The van der Waals surface area contributed by atoms with Gasteiger partial charge in [0.15, 0.2) is 0 Å². The quantitative estimate of drug-likeness (QED) is 0.746. The SMILES string of the molecule is O=C(Cn1cc(Br)ccc1=O)Nc1cc(C(F)(F)F)ccc1N1CCCCC1. The van der Waals surface area contributed by atoms with Crippen molar-refractivity contribution < 1.29 is 18.0 Å². The lowest BCUT2D eigenvalue weighted by Crippen LogP contribution is -2.31. The zero-order valence-corrected chi connectivity index (χ0v) is 16.5. The van der Waals surface area contributed by atoms with Crippen molar-refractivity contribution in [1.82, 2.24) is 4.57 Å². The van der Waals surface area contributed by atoms with Gasteiger partial charge in [0.1, 0.15) is 6.54 Å². The molecule has 0 bridgehead atoms. The molecule has 0 atom stereocenters. The predicted octanol–water partition coefficient (Wildman–Crippen LogP) is 4.26. The number of nitrogens with zero attached hydrogens (tertiary/aromatic N) is 2. The molecule has 1 fully saturated rings. The topological polar surface area (TPSA) is 54.3 Å². The Morgan fingerprint density at radius 2 is 1.82 bits per heavy atom. The van der Waals surface area contributed by atoms with Crippen molar-refractivity contribution in [3.05, 3.63) is 56.9 Å². The van der Waals surface area contributed by atoms with Crippen molar-refractivity contribution in [2.24, 2.45) is 0 Å². The lowest BCUT2D eigenvalue weighted by molar-refractivity contribution is -0.137. The number of halogens is 4. The van der Waals surface area contributed by atoms with Crippen molar-refractivity contribution >= 4 is 33.2 Å². The van der Waals surface area contributed by atoms with Crippen LogP contribution in [0.1, 0.15) is 24.8 Å². The molecule has 9 heteroatoms. The standard InChI is InChI=1S/C19H19BrF3N3O2/c20-14-5-7-18(28)26(11-14)12-17(27)24-15-10-13(19(21,22)23)4-6-16(15)25-8-2-1-3-9-25/h4-7,10-11H,1-3,8-9,12H2,(H,24,27). The summed E-state index contributed by atoms with van der Waals surface area (Å²) in [5.74, 6) is -0.571. The first-order valence-corrected chi connectivity index (χ1v) is 9.65. The second-order valence-corrected chi connectivity index (χ2v) is 7.55. The van der Waals surface area contributed by atoms with Crippen LogP contribution in [0.15, 0.2) is 45.8 Å². The van der Waals surface area contributed by atoms with E-state index >= 15 is 0 Å². The Bertz CT molecular complexity index is 921. The average molecular weight is 458 g/mol. The number of aromatic nitrogens is 1. The third-order valence-electron chi connectivity index (χ3n) is 4.56. The van der Waals surface area contributed by atoms with E-state index in [1.807, 2.05) is 4.90 Å². The smallest absolute Gasteiger partial charge is 0.370 e. The number of benzene rings is 1. The minimum absolute atomic E-state index is 0.102. The Kier molecular flexibility index (Phi) is 6.12. The largest absolute Gasteiger partial charge is 0.416 e. The Labute approximate surface area is 168 Å². The molecular formula is C19H19BrF3N3O2. The molecule has 1 aliphatic heterocycles. The second-order valence-electron chi connectivity index (χ2n) is 6.64. The summed E-state index contributed by atoms with van der Waals surface area (Å²) in [7, 11) is 0. The highest BCUT2D eigenvalue weighted by atomic mass is 79.9. The van der Waals surface area contributed by atoms with Crippen LogP contribution >= 0.6 is 15.9 Å². The van der Waals surface area contributed by atoms with Crippen LogP contribution in [0.4, 0.5) is 24.5 Å². The van der Waals surface area contributed by atoms with Crippen molar-refractivity contribution in [3.63, 3.8) is 0 Å². The molecule has 0 saturated carbocycles. The summed E-state index contributed by atoms with van der Waals surface area (Å²) in [6.07, 6.45) is -0.0882. The fraction of sp³-hybridized carbons (Fsp3) is 0.368. The fourth-order valence-corrected chi connectivity index (χ4v) is 3.57. The van der Waals surface area contributed by atoms with E-state index in [0.717, 1.165) is 44.5 Å². The number of piperidine rings is 1. The second kappa shape index (κ2) is 8.38. The van der Waals surface area contributed by atoms with Gasteiger partial charge in [-0.25, -0.2) is 0 Å². The summed E-state index contributed by atoms with van der Waals surface area (Å²) in [4.78, 5) is 26.3. The van der Waals surface area contributed by atoms with Gasteiger partial charge in [0.2, 0.25) is 5.91 Å². The van der Waals surface area contributed by atoms with Crippen LogP contribution < -0.4 is 15.8 Å². The highest BCUT2D eigenvalue weighted by Crippen LogP contribution is 2.36. The minimum Gasteiger partial charge on any atom is -0.370 e. The first-order chi connectivity index (χ1) is 13.2. The third-order valence-corrected chi connectivity index (χ3v) is 5.03. The molecule has 1 aromatic heterocycles. The van der Waals surface area contributed by atoms with Gasteiger partial charge in [0.25, 0.3) is 5.56 Å². The number of hydrogen-bond acceptors (Lipinski definition) is 3. The molecule has 5 nitrogen and oxygen atoms in total. The Hall–Kier alpha value is -2.29. The van der Waals surface area contributed by atoms with Gasteiger partial charge in [-0.15, -0.1) is 0 Å². The summed E-state index contributed by atoms with van der Waals surface area (Å²) < 4.78 is 41.2. The minimum atomic E-state index is -4.51. The molecule has 1 amide bonds. The van der Waals surface area contributed by atoms with Crippen LogP contribution in [0, 0.1) is 0 Å². The monoisotopic (exact) mass is 457 g/mol. The van der Waals surface area contributed by atoms with E-state index in [9.17, 15) is 22.8 Å². The maximum Gasteiger partial charge on any atom is 0.416 e. The summed E-state index contributed by atoms with van der Waals surface area (Å²) >= 11 is 3.23. The summed E-state index contributed by atoms with van der Waals surface area (Å²) in [5, 5.41) is 2.56. The van der Waals surface area contributed by atoms with Gasteiger partial charge in [-0.1, -0.05) is 0 Å². The van der Waals surface area contributed by atoms with E-state index in [1.54, 1.807) is 6.07 Å². The molecule has 28 heavy (non-hydrogen) atoms. The third kappa shape index (κ3) is 4.95. The molecule has 1 saturated heterocycles. The van der Waals surface area contributed by atoms with Gasteiger partial charge in [-0.2, -0.15) is 13.2 Å². The molecule has 1 aromatic carbocycles. The number of alkyl halides is 3. The molecule has 0 aliphatic carbocycles. The van der Waals surface area contributed by atoms with Crippen molar-refractivity contribution in [3.8, 4) is 0 Å². The van der Waals surface area contributed by atoms with Gasteiger partial charge < -0.3 is 14.8 Å². The Balaban J connectivity index is 1.88.